The first-order valence-corrected chi connectivity index (χ1v) is 11.9. The number of amidine groups is 1. The molecule has 0 fully saturated rings. The Morgan fingerprint density at radius 2 is 1.91 bits per heavy atom. The molecular formula is C24H25N5O4S. The lowest BCUT2D eigenvalue weighted by molar-refractivity contribution is -0.122. The maximum atomic E-state index is 13.1. The van der Waals surface area contributed by atoms with E-state index in [1.807, 2.05) is 32.0 Å². The number of aryl methyl sites for hydroxylation is 2. The molecule has 0 spiro atoms. The summed E-state index contributed by atoms with van der Waals surface area (Å²) in [6.45, 7) is 6.85. The summed E-state index contributed by atoms with van der Waals surface area (Å²) in [6.07, 6.45) is 2.88. The SMILES string of the molecule is Cc1ccc(N2C=CN3C(SC(C)C(=O)Nc4ccc5c(c4)OCCO5)=NNC3C2=O)cc1C. The number of rotatable bonds is 4. The zero-order valence-electron chi connectivity index (χ0n) is 19.1. The van der Waals surface area contributed by atoms with Gasteiger partial charge in [0.25, 0.3) is 5.91 Å². The third kappa shape index (κ3) is 4.16. The summed E-state index contributed by atoms with van der Waals surface area (Å²) in [5.74, 6) is 0.956. The van der Waals surface area contributed by atoms with Crippen molar-refractivity contribution in [3.63, 3.8) is 0 Å². The van der Waals surface area contributed by atoms with Crippen molar-refractivity contribution in [3.8, 4) is 11.5 Å². The van der Waals surface area contributed by atoms with E-state index < -0.39 is 11.4 Å². The molecule has 0 aromatic heterocycles. The summed E-state index contributed by atoms with van der Waals surface area (Å²) in [4.78, 5) is 29.3. The molecule has 5 rings (SSSR count). The van der Waals surface area contributed by atoms with Crippen LogP contribution in [0.5, 0.6) is 11.5 Å². The van der Waals surface area contributed by atoms with E-state index in [-0.39, 0.29) is 11.8 Å². The molecule has 9 nitrogen and oxygen atoms in total. The standard InChI is InChI=1S/C24H25N5O4S/c1-14-4-6-18(12-15(14)2)28-8-9-29-21(23(28)31)26-27-24(29)34-16(3)22(30)25-17-5-7-19-20(13-17)33-11-10-32-19/h4-9,12-13,16,21,26H,10-11H2,1-3H3,(H,25,30). The molecule has 34 heavy (non-hydrogen) atoms. The average Bonchev–Trinajstić information content (AvgIpc) is 3.24. The molecule has 2 aromatic carbocycles. The number of anilines is 2. The number of carbonyl (C=O) groups excluding carboxylic acids is 2. The number of thioether (sulfide) groups is 1. The maximum absolute atomic E-state index is 13.1. The Morgan fingerprint density at radius 1 is 1.12 bits per heavy atom. The summed E-state index contributed by atoms with van der Waals surface area (Å²) < 4.78 is 11.1. The fraction of sp³-hybridized carbons (Fsp3) is 0.292. The zero-order valence-corrected chi connectivity index (χ0v) is 19.9. The molecule has 0 aliphatic carbocycles. The van der Waals surface area contributed by atoms with Crippen molar-refractivity contribution in [2.24, 2.45) is 5.10 Å². The normalized spacial score (nSPS) is 19.3. The number of ether oxygens (including phenoxy) is 2. The van der Waals surface area contributed by atoms with Crippen molar-refractivity contribution in [1.82, 2.24) is 10.3 Å². The van der Waals surface area contributed by atoms with Gasteiger partial charge in [-0.25, -0.2) is 0 Å². The second-order valence-electron chi connectivity index (χ2n) is 8.22. The van der Waals surface area contributed by atoms with Gasteiger partial charge in [-0.15, -0.1) is 0 Å². The van der Waals surface area contributed by atoms with Gasteiger partial charge in [0.15, 0.2) is 16.7 Å². The quantitative estimate of drug-likeness (QED) is 0.696. The fourth-order valence-corrected chi connectivity index (χ4v) is 4.64. The molecule has 0 bridgehead atoms. The summed E-state index contributed by atoms with van der Waals surface area (Å²) in [7, 11) is 0. The topological polar surface area (TPSA) is 95.5 Å². The lowest BCUT2D eigenvalue weighted by Crippen LogP contribution is -2.52. The van der Waals surface area contributed by atoms with E-state index in [0.29, 0.717) is 35.6 Å². The van der Waals surface area contributed by atoms with Gasteiger partial charge >= 0.3 is 0 Å². The summed E-state index contributed by atoms with van der Waals surface area (Å²) in [6, 6.07) is 11.2. The van der Waals surface area contributed by atoms with Crippen LogP contribution in [-0.2, 0) is 9.59 Å². The Balaban J connectivity index is 1.23. The molecule has 2 unspecified atom stereocenters. The van der Waals surface area contributed by atoms with Crippen molar-refractivity contribution >= 4 is 40.1 Å². The molecule has 0 radical (unpaired) electrons. The van der Waals surface area contributed by atoms with Crippen molar-refractivity contribution in [2.75, 3.05) is 23.4 Å². The molecule has 3 aliphatic rings. The molecule has 3 heterocycles. The highest BCUT2D eigenvalue weighted by molar-refractivity contribution is 8.14. The Morgan fingerprint density at radius 3 is 2.71 bits per heavy atom. The minimum absolute atomic E-state index is 0.140. The molecule has 2 aromatic rings. The van der Waals surface area contributed by atoms with Gasteiger partial charge in [0.2, 0.25) is 12.1 Å². The first-order chi connectivity index (χ1) is 16.4. The molecular weight excluding hydrogens is 454 g/mol. The molecule has 2 atom stereocenters. The monoisotopic (exact) mass is 479 g/mol. The summed E-state index contributed by atoms with van der Waals surface area (Å²) >= 11 is 1.28. The Labute approximate surface area is 201 Å². The van der Waals surface area contributed by atoms with Gasteiger partial charge < -0.3 is 14.8 Å². The van der Waals surface area contributed by atoms with Crippen LogP contribution < -0.4 is 25.1 Å². The van der Waals surface area contributed by atoms with Crippen LogP contribution in [0.15, 0.2) is 53.9 Å². The molecule has 10 heteroatoms. The van der Waals surface area contributed by atoms with Gasteiger partial charge in [0.05, 0.1) is 5.25 Å². The number of nitrogens with one attached hydrogen (secondary N) is 2. The molecule has 2 N–H and O–H groups in total. The van der Waals surface area contributed by atoms with Crippen molar-refractivity contribution in [1.29, 1.82) is 0 Å². The van der Waals surface area contributed by atoms with Gasteiger partial charge in [0.1, 0.15) is 13.2 Å². The first kappa shape index (κ1) is 22.1. The van der Waals surface area contributed by atoms with Crippen LogP contribution in [0.2, 0.25) is 0 Å². The van der Waals surface area contributed by atoms with Crippen LogP contribution >= 0.6 is 11.8 Å². The lowest BCUT2D eigenvalue weighted by atomic mass is 10.1. The number of amides is 2. The van der Waals surface area contributed by atoms with E-state index in [0.717, 1.165) is 11.3 Å². The van der Waals surface area contributed by atoms with Crippen LogP contribution in [-0.4, -0.2) is 46.5 Å². The minimum Gasteiger partial charge on any atom is -0.486 e. The van der Waals surface area contributed by atoms with Crippen LogP contribution in [0, 0.1) is 13.8 Å². The number of fused-ring (bicyclic) bond motifs is 2. The Kier molecular flexibility index (Phi) is 5.82. The van der Waals surface area contributed by atoms with Gasteiger partial charge in [0, 0.05) is 29.8 Å². The second kappa shape index (κ2) is 8.94. The minimum atomic E-state index is -0.651. The van der Waals surface area contributed by atoms with Gasteiger partial charge in [-0.3, -0.25) is 24.8 Å². The van der Waals surface area contributed by atoms with E-state index >= 15 is 0 Å². The van der Waals surface area contributed by atoms with E-state index in [9.17, 15) is 9.59 Å². The van der Waals surface area contributed by atoms with Crippen LogP contribution in [0.25, 0.3) is 0 Å². The van der Waals surface area contributed by atoms with Crippen LogP contribution in [0.3, 0.4) is 0 Å². The number of hydrogen-bond donors (Lipinski definition) is 2. The number of nitrogens with zero attached hydrogens (tertiary/aromatic N) is 3. The number of benzene rings is 2. The number of hydrazone groups is 1. The first-order valence-electron chi connectivity index (χ1n) is 11.0. The average molecular weight is 480 g/mol. The molecule has 0 saturated carbocycles. The lowest BCUT2D eigenvalue weighted by Gasteiger charge is -2.32. The summed E-state index contributed by atoms with van der Waals surface area (Å²) in [5, 5.41) is 7.32. The number of carbonyl (C=O) groups is 2. The van der Waals surface area contributed by atoms with Crippen molar-refractivity contribution in [3.05, 3.63) is 59.9 Å². The fourth-order valence-electron chi connectivity index (χ4n) is 3.77. The highest BCUT2D eigenvalue weighted by atomic mass is 32.2. The molecule has 3 aliphatic heterocycles. The van der Waals surface area contributed by atoms with Crippen LogP contribution in [0.1, 0.15) is 18.1 Å². The van der Waals surface area contributed by atoms with Crippen molar-refractivity contribution in [2.45, 2.75) is 32.2 Å². The molecule has 2 amide bonds. The van der Waals surface area contributed by atoms with E-state index in [4.69, 9.17) is 9.47 Å². The highest BCUT2D eigenvalue weighted by Crippen LogP contribution is 2.33. The van der Waals surface area contributed by atoms with Crippen LogP contribution in [0.4, 0.5) is 11.4 Å². The van der Waals surface area contributed by atoms with E-state index in [1.54, 1.807) is 47.3 Å². The van der Waals surface area contributed by atoms with Gasteiger partial charge in [-0.2, -0.15) is 5.10 Å². The van der Waals surface area contributed by atoms with E-state index in [1.165, 1.54) is 17.3 Å². The van der Waals surface area contributed by atoms with Gasteiger partial charge in [-0.1, -0.05) is 17.8 Å². The third-order valence-corrected chi connectivity index (χ3v) is 6.94. The second-order valence-corrected chi connectivity index (χ2v) is 9.52. The predicted octanol–water partition coefficient (Wildman–Crippen LogP) is 3.16. The number of hydrogen-bond acceptors (Lipinski definition) is 8. The molecule has 176 valence electrons. The predicted molar refractivity (Wildman–Crippen MR) is 132 cm³/mol. The smallest absolute Gasteiger partial charge is 0.276 e. The maximum Gasteiger partial charge on any atom is 0.276 e. The summed E-state index contributed by atoms with van der Waals surface area (Å²) in [5.41, 5.74) is 6.62. The Bertz CT molecular complexity index is 1210. The van der Waals surface area contributed by atoms with Crippen molar-refractivity contribution < 1.29 is 19.1 Å². The Hall–Kier alpha value is -3.66. The third-order valence-electron chi connectivity index (χ3n) is 5.86. The largest absolute Gasteiger partial charge is 0.486 e. The molecule has 0 saturated heterocycles. The van der Waals surface area contributed by atoms with Gasteiger partial charge in [-0.05, 0) is 56.2 Å². The zero-order chi connectivity index (χ0) is 23.8. The van der Waals surface area contributed by atoms with E-state index in [2.05, 4.69) is 15.8 Å². The highest BCUT2D eigenvalue weighted by Gasteiger charge is 2.39.